The van der Waals surface area contributed by atoms with Gasteiger partial charge in [0.25, 0.3) is 5.56 Å². The van der Waals surface area contributed by atoms with Crippen LogP contribution in [0.1, 0.15) is 5.56 Å². The molecular formula is C18H18N2O3S. The number of para-hydroxylation sites is 1. The number of ether oxygens (including phenoxy) is 1. The van der Waals surface area contributed by atoms with Crippen LogP contribution in [0.4, 0.5) is 0 Å². The van der Waals surface area contributed by atoms with Gasteiger partial charge < -0.3 is 9.84 Å². The van der Waals surface area contributed by atoms with Gasteiger partial charge in [-0.2, -0.15) is 0 Å². The van der Waals surface area contributed by atoms with Crippen LogP contribution in [0.25, 0.3) is 10.2 Å². The molecule has 0 fully saturated rings. The zero-order valence-electron chi connectivity index (χ0n) is 13.1. The van der Waals surface area contributed by atoms with Crippen molar-refractivity contribution in [3.8, 4) is 5.75 Å². The summed E-state index contributed by atoms with van der Waals surface area (Å²) in [5, 5.41) is 12.6. The van der Waals surface area contributed by atoms with Crippen LogP contribution < -0.4 is 10.3 Å². The summed E-state index contributed by atoms with van der Waals surface area (Å²) >= 11 is 1.42. The Balaban J connectivity index is 1.67. The van der Waals surface area contributed by atoms with Crippen molar-refractivity contribution in [2.45, 2.75) is 19.1 Å². The molecule has 0 aliphatic carbocycles. The van der Waals surface area contributed by atoms with Gasteiger partial charge in [-0.25, -0.2) is 4.98 Å². The van der Waals surface area contributed by atoms with E-state index in [2.05, 4.69) is 11.6 Å². The van der Waals surface area contributed by atoms with E-state index >= 15 is 0 Å². The molecule has 6 heteroatoms. The van der Waals surface area contributed by atoms with E-state index in [1.807, 2.05) is 29.6 Å². The summed E-state index contributed by atoms with van der Waals surface area (Å²) in [4.78, 5) is 17.2. The maximum absolute atomic E-state index is 12.3. The van der Waals surface area contributed by atoms with E-state index in [1.54, 1.807) is 12.1 Å². The second kappa shape index (κ2) is 7.42. The fourth-order valence-corrected chi connectivity index (χ4v) is 3.18. The SMILES string of the molecule is C=CCc1ccccc1OCC(O)Cn1cnc2sccc2c1=O. The maximum Gasteiger partial charge on any atom is 0.262 e. The van der Waals surface area contributed by atoms with Crippen LogP contribution in [0.5, 0.6) is 5.75 Å². The van der Waals surface area contributed by atoms with Gasteiger partial charge in [-0.15, -0.1) is 17.9 Å². The van der Waals surface area contributed by atoms with Gasteiger partial charge in [0.05, 0.1) is 18.3 Å². The third-order valence-electron chi connectivity index (χ3n) is 3.63. The zero-order valence-corrected chi connectivity index (χ0v) is 13.9. The van der Waals surface area contributed by atoms with Crippen molar-refractivity contribution in [2.24, 2.45) is 0 Å². The summed E-state index contributed by atoms with van der Waals surface area (Å²) < 4.78 is 7.12. The van der Waals surface area contributed by atoms with Crippen LogP contribution in [-0.4, -0.2) is 27.4 Å². The molecule has 0 spiro atoms. The average Bonchev–Trinajstić information content (AvgIpc) is 3.06. The number of aromatic nitrogens is 2. The van der Waals surface area contributed by atoms with Crippen molar-refractivity contribution >= 4 is 21.6 Å². The first-order valence-electron chi connectivity index (χ1n) is 7.61. The fraction of sp³-hybridized carbons (Fsp3) is 0.222. The van der Waals surface area contributed by atoms with Gasteiger partial charge in [-0.3, -0.25) is 9.36 Å². The van der Waals surface area contributed by atoms with Crippen LogP contribution in [0.2, 0.25) is 0 Å². The summed E-state index contributed by atoms with van der Waals surface area (Å²) in [5.41, 5.74) is 0.866. The minimum Gasteiger partial charge on any atom is -0.491 e. The van der Waals surface area contributed by atoms with Gasteiger partial charge in [-0.05, 0) is 29.5 Å². The minimum atomic E-state index is -0.808. The number of allylic oxidation sites excluding steroid dienone is 1. The first-order chi connectivity index (χ1) is 11.7. The topological polar surface area (TPSA) is 64.3 Å². The highest BCUT2D eigenvalue weighted by atomic mass is 32.1. The molecule has 124 valence electrons. The second-order valence-corrected chi connectivity index (χ2v) is 6.30. The number of aliphatic hydroxyl groups excluding tert-OH is 1. The van der Waals surface area contributed by atoms with Crippen LogP contribution in [0.3, 0.4) is 0 Å². The molecule has 0 amide bonds. The van der Waals surface area contributed by atoms with Gasteiger partial charge in [-0.1, -0.05) is 24.3 Å². The quantitative estimate of drug-likeness (QED) is 0.671. The summed E-state index contributed by atoms with van der Waals surface area (Å²) in [6, 6.07) is 9.38. The Morgan fingerprint density at radius 1 is 1.38 bits per heavy atom. The van der Waals surface area contributed by atoms with Crippen molar-refractivity contribution in [3.05, 3.63) is 70.6 Å². The van der Waals surface area contributed by atoms with Crippen molar-refractivity contribution < 1.29 is 9.84 Å². The van der Waals surface area contributed by atoms with Gasteiger partial charge in [0.2, 0.25) is 0 Å². The Labute approximate surface area is 143 Å². The van der Waals surface area contributed by atoms with Crippen molar-refractivity contribution in [1.82, 2.24) is 9.55 Å². The highest BCUT2D eigenvalue weighted by molar-refractivity contribution is 7.16. The minimum absolute atomic E-state index is 0.0995. The average molecular weight is 342 g/mol. The van der Waals surface area contributed by atoms with E-state index in [0.29, 0.717) is 16.6 Å². The Morgan fingerprint density at radius 2 is 2.21 bits per heavy atom. The smallest absolute Gasteiger partial charge is 0.262 e. The van der Waals surface area contributed by atoms with Gasteiger partial charge in [0.1, 0.15) is 23.3 Å². The molecule has 1 N–H and O–H groups in total. The number of hydrogen-bond acceptors (Lipinski definition) is 5. The molecule has 5 nitrogen and oxygen atoms in total. The van der Waals surface area contributed by atoms with Gasteiger partial charge >= 0.3 is 0 Å². The largest absolute Gasteiger partial charge is 0.491 e. The summed E-state index contributed by atoms with van der Waals surface area (Å²) in [7, 11) is 0. The Hall–Kier alpha value is -2.44. The van der Waals surface area contributed by atoms with E-state index < -0.39 is 6.10 Å². The first-order valence-corrected chi connectivity index (χ1v) is 8.49. The number of benzene rings is 1. The molecule has 3 rings (SSSR count). The molecule has 2 aromatic heterocycles. The third kappa shape index (κ3) is 3.55. The molecule has 0 aliphatic heterocycles. The molecule has 0 aliphatic rings. The highest BCUT2D eigenvalue weighted by Crippen LogP contribution is 2.19. The Bertz CT molecular complexity index is 900. The Kier molecular flexibility index (Phi) is 5.08. The molecular weight excluding hydrogens is 324 g/mol. The van der Waals surface area contributed by atoms with Crippen LogP contribution in [0, 0.1) is 0 Å². The van der Waals surface area contributed by atoms with E-state index in [4.69, 9.17) is 4.74 Å². The van der Waals surface area contributed by atoms with Crippen molar-refractivity contribution in [2.75, 3.05) is 6.61 Å². The molecule has 0 bridgehead atoms. The summed E-state index contributed by atoms with van der Waals surface area (Å²) in [6.45, 7) is 3.97. The van der Waals surface area contributed by atoms with Crippen LogP contribution in [0.15, 0.2) is 59.5 Å². The molecule has 1 unspecified atom stereocenters. The fourth-order valence-electron chi connectivity index (χ4n) is 2.46. The lowest BCUT2D eigenvalue weighted by atomic mass is 10.1. The molecule has 0 saturated heterocycles. The second-order valence-electron chi connectivity index (χ2n) is 5.41. The maximum atomic E-state index is 12.3. The molecule has 1 atom stereocenters. The van der Waals surface area contributed by atoms with Gasteiger partial charge in [0, 0.05) is 0 Å². The molecule has 2 heterocycles. The molecule has 24 heavy (non-hydrogen) atoms. The van der Waals surface area contributed by atoms with Crippen LogP contribution in [-0.2, 0) is 13.0 Å². The zero-order chi connectivity index (χ0) is 16.9. The van der Waals surface area contributed by atoms with Crippen molar-refractivity contribution in [3.63, 3.8) is 0 Å². The monoisotopic (exact) mass is 342 g/mol. The van der Waals surface area contributed by atoms with E-state index in [0.717, 1.165) is 11.3 Å². The van der Waals surface area contributed by atoms with E-state index in [1.165, 1.54) is 22.2 Å². The summed E-state index contributed by atoms with van der Waals surface area (Å²) in [5.74, 6) is 0.718. The number of rotatable bonds is 7. The lowest BCUT2D eigenvalue weighted by molar-refractivity contribution is 0.0911. The Morgan fingerprint density at radius 3 is 3.04 bits per heavy atom. The third-order valence-corrected chi connectivity index (χ3v) is 4.45. The van der Waals surface area contributed by atoms with E-state index in [-0.39, 0.29) is 18.7 Å². The lowest BCUT2D eigenvalue weighted by Crippen LogP contribution is -2.30. The van der Waals surface area contributed by atoms with E-state index in [9.17, 15) is 9.90 Å². The number of nitrogens with zero attached hydrogens (tertiary/aromatic N) is 2. The number of fused-ring (bicyclic) bond motifs is 1. The number of thiophene rings is 1. The molecule has 1 aromatic carbocycles. The molecule has 3 aromatic rings. The molecule has 0 radical (unpaired) electrons. The predicted octanol–water partition coefficient (Wildman–Crippen LogP) is 2.63. The molecule has 0 saturated carbocycles. The summed E-state index contributed by atoms with van der Waals surface area (Å²) in [6.07, 6.45) is 3.16. The number of aliphatic hydroxyl groups is 1. The number of hydrogen-bond donors (Lipinski definition) is 1. The first kappa shape index (κ1) is 16.4. The van der Waals surface area contributed by atoms with Crippen LogP contribution >= 0.6 is 11.3 Å². The normalized spacial score (nSPS) is 12.2. The van der Waals surface area contributed by atoms with Crippen molar-refractivity contribution in [1.29, 1.82) is 0 Å². The highest BCUT2D eigenvalue weighted by Gasteiger charge is 2.11. The predicted molar refractivity (Wildman–Crippen MR) is 95.7 cm³/mol. The van der Waals surface area contributed by atoms with Gasteiger partial charge in [0.15, 0.2) is 0 Å². The lowest BCUT2D eigenvalue weighted by Gasteiger charge is -2.15. The standard InChI is InChI=1S/C18H18N2O3S/c1-2-5-13-6-3-4-7-16(13)23-11-14(21)10-20-12-19-17-15(18(20)22)8-9-24-17/h2-4,6-9,12,14,21H,1,5,10-11H2.